The predicted octanol–water partition coefficient (Wildman–Crippen LogP) is 2.62. The summed E-state index contributed by atoms with van der Waals surface area (Å²) in [6.45, 7) is 10.2. The van der Waals surface area contributed by atoms with Crippen LogP contribution < -0.4 is 0 Å². The Balaban J connectivity index is 2.34. The minimum atomic E-state index is -1.09. The zero-order valence-electron chi connectivity index (χ0n) is 10.4. The first kappa shape index (κ1) is 12.9. The minimum Gasteiger partial charge on any atom is -0.375 e. The van der Waals surface area contributed by atoms with Crippen molar-refractivity contribution in [1.29, 1.82) is 0 Å². The lowest BCUT2D eigenvalue weighted by molar-refractivity contribution is -0.0485. The Morgan fingerprint density at radius 2 is 1.73 bits per heavy atom. The highest BCUT2D eigenvalue weighted by atomic mass is 19.1. The van der Waals surface area contributed by atoms with Crippen molar-refractivity contribution in [3.05, 3.63) is 0 Å². The first-order chi connectivity index (χ1) is 6.93. The molecule has 0 atom stereocenters. The van der Waals surface area contributed by atoms with Gasteiger partial charge < -0.3 is 9.64 Å². The average molecular weight is 217 g/mol. The summed E-state index contributed by atoms with van der Waals surface area (Å²) < 4.78 is 19.6. The Hall–Kier alpha value is -0.150. The largest absolute Gasteiger partial charge is 0.375 e. The van der Waals surface area contributed by atoms with Crippen molar-refractivity contribution in [2.24, 2.45) is 0 Å². The lowest BCUT2D eigenvalue weighted by atomic mass is 9.93. The third kappa shape index (κ3) is 4.07. The number of rotatable bonds is 4. The van der Waals surface area contributed by atoms with Crippen LogP contribution in [0.2, 0.25) is 0 Å². The first-order valence-corrected chi connectivity index (χ1v) is 5.97. The maximum atomic E-state index is 14.2. The Morgan fingerprint density at radius 1 is 1.20 bits per heavy atom. The fourth-order valence-electron chi connectivity index (χ4n) is 1.90. The summed E-state index contributed by atoms with van der Waals surface area (Å²) in [5, 5.41) is 0. The van der Waals surface area contributed by atoms with Gasteiger partial charge in [0.1, 0.15) is 5.67 Å². The quantitative estimate of drug-likeness (QED) is 0.717. The average Bonchev–Trinajstić information content (AvgIpc) is 2.16. The molecule has 1 aliphatic heterocycles. The number of hydrogen-bond donors (Lipinski definition) is 0. The SMILES string of the molecule is CC(C)OCC1(F)CCN(C(C)C)CC1. The van der Waals surface area contributed by atoms with Crippen molar-refractivity contribution in [2.75, 3.05) is 19.7 Å². The smallest absolute Gasteiger partial charge is 0.136 e. The van der Waals surface area contributed by atoms with Crippen molar-refractivity contribution < 1.29 is 9.13 Å². The topological polar surface area (TPSA) is 12.5 Å². The third-order valence-electron chi connectivity index (χ3n) is 3.10. The zero-order chi connectivity index (χ0) is 11.5. The monoisotopic (exact) mass is 217 g/mol. The number of alkyl halides is 1. The lowest BCUT2D eigenvalue weighted by Crippen LogP contribution is -2.47. The first-order valence-electron chi connectivity index (χ1n) is 5.97. The molecule has 3 heteroatoms. The van der Waals surface area contributed by atoms with Gasteiger partial charge in [0, 0.05) is 19.1 Å². The van der Waals surface area contributed by atoms with E-state index in [1.165, 1.54) is 0 Å². The fraction of sp³-hybridized carbons (Fsp3) is 1.00. The Bertz CT molecular complexity index is 186. The molecule has 0 unspecified atom stereocenters. The van der Waals surface area contributed by atoms with E-state index < -0.39 is 5.67 Å². The molecule has 0 aliphatic carbocycles. The molecule has 90 valence electrons. The molecule has 1 saturated heterocycles. The molecular formula is C12H24FNO. The highest BCUT2D eigenvalue weighted by molar-refractivity contribution is 4.87. The normalized spacial score (nSPS) is 22.6. The van der Waals surface area contributed by atoms with Crippen LogP contribution in [0, 0.1) is 0 Å². The van der Waals surface area contributed by atoms with Gasteiger partial charge in [-0.3, -0.25) is 0 Å². The van der Waals surface area contributed by atoms with Crippen LogP contribution in [-0.4, -0.2) is 42.4 Å². The van der Waals surface area contributed by atoms with Crippen molar-refractivity contribution in [1.82, 2.24) is 4.90 Å². The number of likely N-dealkylation sites (tertiary alicyclic amines) is 1. The Morgan fingerprint density at radius 3 is 2.13 bits per heavy atom. The second-order valence-corrected chi connectivity index (χ2v) is 5.14. The molecule has 1 rings (SSSR count). The summed E-state index contributed by atoms with van der Waals surface area (Å²) >= 11 is 0. The van der Waals surface area contributed by atoms with E-state index in [0.717, 1.165) is 13.1 Å². The Labute approximate surface area is 92.8 Å². The maximum absolute atomic E-state index is 14.2. The minimum absolute atomic E-state index is 0.126. The zero-order valence-corrected chi connectivity index (χ0v) is 10.4. The molecule has 0 radical (unpaired) electrons. The van der Waals surface area contributed by atoms with Crippen LogP contribution in [-0.2, 0) is 4.74 Å². The van der Waals surface area contributed by atoms with Crippen molar-refractivity contribution >= 4 is 0 Å². The number of halogens is 1. The van der Waals surface area contributed by atoms with Gasteiger partial charge in [0.25, 0.3) is 0 Å². The predicted molar refractivity (Wildman–Crippen MR) is 60.9 cm³/mol. The standard InChI is InChI=1S/C12H24FNO/c1-10(2)14-7-5-12(13,6-8-14)9-15-11(3)4/h10-11H,5-9H2,1-4H3. The second kappa shape index (κ2) is 5.26. The van der Waals surface area contributed by atoms with Crippen LogP contribution in [0.5, 0.6) is 0 Å². The van der Waals surface area contributed by atoms with Crippen LogP contribution >= 0.6 is 0 Å². The van der Waals surface area contributed by atoms with Gasteiger partial charge in [0.2, 0.25) is 0 Å². The van der Waals surface area contributed by atoms with Crippen molar-refractivity contribution in [3.63, 3.8) is 0 Å². The highest BCUT2D eigenvalue weighted by Gasteiger charge is 2.35. The molecule has 1 heterocycles. The molecule has 15 heavy (non-hydrogen) atoms. The van der Waals surface area contributed by atoms with Gasteiger partial charge in [0.15, 0.2) is 0 Å². The van der Waals surface area contributed by atoms with Crippen molar-refractivity contribution in [3.8, 4) is 0 Å². The van der Waals surface area contributed by atoms with Gasteiger partial charge in [-0.2, -0.15) is 0 Å². The summed E-state index contributed by atoms with van der Waals surface area (Å²) in [5.41, 5.74) is -1.09. The van der Waals surface area contributed by atoms with E-state index in [0.29, 0.717) is 18.9 Å². The highest BCUT2D eigenvalue weighted by Crippen LogP contribution is 2.28. The summed E-state index contributed by atoms with van der Waals surface area (Å²) in [5.74, 6) is 0. The van der Waals surface area contributed by atoms with Crippen LogP contribution in [0.3, 0.4) is 0 Å². The van der Waals surface area contributed by atoms with Crippen LogP contribution in [0.25, 0.3) is 0 Å². The van der Waals surface area contributed by atoms with E-state index in [1.54, 1.807) is 0 Å². The molecule has 2 nitrogen and oxygen atoms in total. The van der Waals surface area contributed by atoms with E-state index in [4.69, 9.17) is 4.74 Å². The molecular weight excluding hydrogens is 193 g/mol. The van der Waals surface area contributed by atoms with E-state index in [9.17, 15) is 4.39 Å². The molecule has 0 aromatic heterocycles. The second-order valence-electron chi connectivity index (χ2n) is 5.14. The van der Waals surface area contributed by atoms with Gasteiger partial charge in [-0.15, -0.1) is 0 Å². The van der Waals surface area contributed by atoms with Crippen LogP contribution in [0.15, 0.2) is 0 Å². The third-order valence-corrected chi connectivity index (χ3v) is 3.10. The molecule has 0 saturated carbocycles. The van der Waals surface area contributed by atoms with E-state index in [2.05, 4.69) is 18.7 Å². The molecule has 0 aromatic carbocycles. The molecule has 0 N–H and O–H groups in total. The van der Waals surface area contributed by atoms with Crippen LogP contribution in [0.4, 0.5) is 4.39 Å². The number of nitrogens with zero attached hydrogens (tertiary/aromatic N) is 1. The number of ether oxygens (including phenoxy) is 1. The fourth-order valence-corrected chi connectivity index (χ4v) is 1.90. The van der Waals surface area contributed by atoms with Crippen molar-refractivity contribution in [2.45, 2.75) is 58.4 Å². The van der Waals surface area contributed by atoms with Gasteiger partial charge >= 0.3 is 0 Å². The Kier molecular flexibility index (Phi) is 4.53. The van der Waals surface area contributed by atoms with E-state index in [1.807, 2.05) is 13.8 Å². The van der Waals surface area contributed by atoms with Gasteiger partial charge in [-0.1, -0.05) is 0 Å². The van der Waals surface area contributed by atoms with Gasteiger partial charge in [-0.25, -0.2) is 4.39 Å². The lowest BCUT2D eigenvalue weighted by Gasteiger charge is -2.38. The molecule has 0 bridgehead atoms. The maximum Gasteiger partial charge on any atom is 0.136 e. The molecule has 0 aromatic rings. The van der Waals surface area contributed by atoms with E-state index in [-0.39, 0.29) is 12.7 Å². The molecule has 0 amide bonds. The molecule has 1 fully saturated rings. The molecule has 1 aliphatic rings. The summed E-state index contributed by atoms with van der Waals surface area (Å²) in [6.07, 6.45) is 1.34. The van der Waals surface area contributed by atoms with Crippen LogP contribution in [0.1, 0.15) is 40.5 Å². The summed E-state index contributed by atoms with van der Waals surface area (Å²) in [6, 6.07) is 0.528. The summed E-state index contributed by atoms with van der Waals surface area (Å²) in [7, 11) is 0. The van der Waals surface area contributed by atoms with Gasteiger partial charge in [0.05, 0.1) is 12.7 Å². The van der Waals surface area contributed by atoms with E-state index >= 15 is 0 Å². The number of piperidine rings is 1. The number of hydrogen-bond acceptors (Lipinski definition) is 2. The van der Waals surface area contributed by atoms with Gasteiger partial charge in [-0.05, 0) is 40.5 Å². The summed E-state index contributed by atoms with van der Waals surface area (Å²) in [4.78, 5) is 2.33. The molecule has 0 spiro atoms.